The highest BCUT2D eigenvalue weighted by molar-refractivity contribution is 5.80. The van der Waals surface area contributed by atoms with Crippen LogP contribution in [0.1, 0.15) is 5.69 Å². The Hall–Kier alpha value is -2.14. The van der Waals surface area contributed by atoms with E-state index in [2.05, 4.69) is 38.6 Å². The second-order valence-electron chi connectivity index (χ2n) is 4.31. The molecule has 0 saturated heterocycles. The fourth-order valence-corrected chi connectivity index (χ4v) is 2.09. The molecular weight excluding hydrogens is 226 g/mol. The van der Waals surface area contributed by atoms with E-state index in [-0.39, 0.29) is 0 Å². The topological polar surface area (TPSA) is 58.5 Å². The van der Waals surface area contributed by atoms with Gasteiger partial charge in [-0.3, -0.25) is 4.68 Å². The van der Waals surface area contributed by atoms with Crippen molar-refractivity contribution in [3.8, 4) is 11.3 Å². The maximum absolute atomic E-state index is 4.53. The van der Waals surface area contributed by atoms with Gasteiger partial charge in [0.2, 0.25) is 0 Å². The summed E-state index contributed by atoms with van der Waals surface area (Å²) in [6.07, 6.45) is 1.71. The van der Waals surface area contributed by atoms with Crippen LogP contribution in [0.4, 0.5) is 0 Å². The monoisotopic (exact) mass is 241 g/mol. The van der Waals surface area contributed by atoms with Crippen molar-refractivity contribution in [3.05, 3.63) is 36.3 Å². The number of fused-ring (bicyclic) bond motifs is 1. The second kappa shape index (κ2) is 4.27. The second-order valence-corrected chi connectivity index (χ2v) is 4.31. The first-order valence-corrected chi connectivity index (χ1v) is 5.89. The molecule has 0 unspecified atom stereocenters. The number of aromatic nitrogens is 4. The van der Waals surface area contributed by atoms with Crippen molar-refractivity contribution in [3.63, 3.8) is 0 Å². The van der Waals surface area contributed by atoms with E-state index in [1.807, 2.05) is 24.8 Å². The van der Waals surface area contributed by atoms with Crippen molar-refractivity contribution in [1.82, 2.24) is 25.1 Å². The van der Waals surface area contributed by atoms with Crippen molar-refractivity contribution in [2.24, 2.45) is 7.05 Å². The van der Waals surface area contributed by atoms with Gasteiger partial charge < -0.3 is 10.3 Å². The first-order valence-electron chi connectivity index (χ1n) is 5.89. The first-order chi connectivity index (χ1) is 8.78. The fraction of sp³-hybridized carbons (Fsp3) is 0.231. The molecule has 1 aromatic carbocycles. The Morgan fingerprint density at radius 3 is 3.06 bits per heavy atom. The molecule has 0 saturated carbocycles. The van der Waals surface area contributed by atoms with Gasteiger partial charge in [-0.25, -0.2) is 4.98 Å². The van der Waals surface area contributed by atoms with Crippen LogP contribution in [0.3, 0.4) is 0 Å². The van der Waals surface area contributed by atoms with Gasteiger partial charge in [0.25, 0.3) is 0 Å². The molecule has 0 aliphatic carbocycles. The molecule has 18 heavy (non-hydrogen) atoms. The Balaban J connectivity index is 2.05. The summed E-state index contributed by atoms with van der Waals surface area (Å²) < 4.78 is 1.91. The number of imidazole rings is 1. The van der Waals surface area contributed by atoms with E-state index >= 15 is 0 Å². The zero-order valence-electron chi connectivity index (χ0n) is 10.4. The highest BCUT2D eigenvalue weighted by Gasteiger charge is 2.07. The third-order valence-electron chi connectivity index (χ3n) is 3.05. The number of hydrogen-bond donors (Lipinski definition) is 2. The molecule has 5 nitrogen and oxygen atoms in total. The van der Waals surface area contributed by atoms with E-state index in [1.165, 1.54) is 0 Å². The molecular formula is C13H15N5. The number of aromatic amines is 1. The van der Waals surface area contributed by atoms with E-state index in [1.54, 1.807) is 6.33 Å². The summed E-state index contributed by atoms with van der Waals surface area (Å²) in [5.74, 6) is 0. The SMILES string of the molecule is CNCc1cc(-c2ccc3nc[nH]c3c2)nn1C. The minimum absolute atomic E-state index is 0.815. The highest BCUT2D eigenvalue weighted by Crippen LogP contribution is 2.22. The van der Waals surface area contributed by atoms with Gasteiger partial charge in [-0.1, -0.05) is 6.07 Å². The van der Waals surface area contributed by atoms with Gasteiger partial charge in [0.1, 0.15) is 0 Å². The molecule has 0 fully saturated rings. The van der Waals surface area contributed by atoms with Crippen LogP contribution in [0.2, 0.25) is 0 Å². The van der Waals surface area contributed by atoms with Crippen molar-refractivity contribution < 1.29 is 0 Å². The summed E-state index contributed by atoms with van der Waals surface area (Å²) in [6.45, 7) is 0.815. The number of nitrogens with zero attached hydrogens (tertiary/aromatic N) is 3. The molecule has 0 spiro atoms. The van der Waals surface area contributed by atoms with E-state index in [0.29, 0.717) is 0 Å². The molecule has 2 N–H and O–H groups in total. The van der Waals surface area contributed by atoms with Crippen LogP contribution in [0.15, 0.2) is 30.6 Å². The Morgan fingerprint density at radius 2 is 2.22 bits per heavy atom. The summed E-state index contributed by atoms with van der Waals surface area (Å²) in [6, 6.07) is 8.24. The maximum Gasteiger partial charge on any atom is 0.0931 e. The molecule has 2 heterocycles. The number of hydrogen-bond acceptors (Lipinski definition) is 3. The zero-order valence-corrected chi connectivity index (χ0v) is 10.4. The molecule has 0 bridgehead atoms. The van der Waals surface area contributed by atoms with E-state index in [4.69, 9.17) is 0 Å². The van der Waals surface area contributed by atoms with Gasteiger partial charge in [0.05, 0.1) is 28.7 Å². The molecule has 2 aromatic heterocycles. The summed E-state index contributed by atoms with van der Waals surface area (Å²) in [4.78, 5) is 7.33. The first kappa shape index (κ1) is 11.0. The molecule has 0 radical (unpaired) electrons. The lowest BCUT2D eigenvalue weighted by Crippen LogP contribution is -2.09. The van der Waals surface area contributed by atoms with Crippen LogP contribution in [-0.4, -0.2) is 26.8 Å². The largest absolute Gasteiger partial charge is 0.345 e. The van der Waals surface area contributed by atoms with Crippen molar-refractivity contribution in [1.29, 1.82) is 0 Å². The normalized spacial score (nSPS) is 11.2. The van der Waals surface area contributed by atoms with Gasteiger partial charge in [0.15, 0.2) is 0 Å². The lowest BCUT2D eigenvalue weighted by atomic mass is 10.1. The van der Waals surface area contributed by atoms with Gasteiger partial charge in [0, 0.05) is 19.2 Å². The third kappa shape index (κ3) is 1.78. The van der Waals surface area contributed by atoms with Crippen LogP contribution in [0, 0.1) is 0 Å². The molecule has 92 valence electrons. The average Bonchev–Trinajstić information content (AvgIpc) is 2.96. The quantitative estimate of drug-likeness (QED) is 0.733. The Bertz CT molecular complexity index is 680. The summed E-state index contributed by atoms with van der Waals surface area (Å²) in [5, 5.41) is 7.67. The summed E-state index contributed by atoms with van der Waals surface area (Å²) >= 11 is 0. The standard InChI is InChI=1S/C13H15N5/c1-14-7-10-6-12(17-18(10)2)9-3-4-11-13(5-9)16-8-15-11/h3-6,8,14H,7H2,1-2H3,(H,15,16). The van der Waals surface area contributed by atoms with Crippen molar-refractivity contribution in [2.45, 2.75) is 6.54 Å². The predicted molar refractivity (Wildman–Crippen MR) is 71.1 cm³/mol. The van der Waals surface area contributed by atoms with E-state index < -0.39 is 0 Å². The molecule has 3 rings (SSSR count). The van der Waals surface area contributed by atoms with Crippen LogP contribution in [-0.2, 0) is 13.6 Å². The Morgan fingerprint density at radius 1 is 1.33 bits per heavy atom. The number of rotatable bonds is 3. The maximum atomic E-state index is 4.53. The molecule has 5 heteroatoms. The average molecular weight is 241 g/mol. The van der Waals surface area contributed by atoms with Gasteiger partial charge in [-0.15, -0.1) is 0 Å². The van der Waals surface area contributed by atoms with Crippen molar-refractivity contribution in [2.75, 3.05) is 7.05 Å². The van der Waals surface area contributed by atoms with Crippen LogP contribution < -0.4 is 5.32 Å². The highest BCUT2D eigenvalue weighted by atomic mass is 15.3. The van der Waals surface area contributed by atoms with E-state index in [0.717, 1.165) is 34.5 Å². The molecule has 0 aliphatic heterocycles. The van der Waals surface area contributed by atoms with Gasteiger partial charge >= 0.3 is 0 Å². The molecule has 0 amide bonds. The molecule has 3 aromatic rings. The van der Waals surface area contributed by atoms with Crippen LogP contribution >= 0.6 is 0 Å². The number of H-pyrrole nitrogens is 1. The lowest BCUT2D eigenvalue weighted by molar-refractivity contribution is 0.673. The zero-order chi connectivity index (χ0) is 12.5. The Kier molecular flexibility index (Phi) is 2.60. The van der Waals surface area contributed by atoms with Crippen molar-refractivity contribution >= 4 is 11.0 Å². The van der Waals surface area contributed by atoms with Crippen LogP contribution in [0.25, 0.3) is 22.3 Å². The summed E-state index contributed by atoms with van der Waals surface area (Å²) in [7, 11) is 3.90. The minimum atomic E-state index is 0.815. The predicted octanol–water partition coefficient (Wildman–Crippen LogP) is 1.68. The Labute approximate surface area is 105 Å². The summed E-state index contributed by atoms with van der Waals surface area (Å²) in [5.41, 5.74) is 5.26. The third-order valence-corrected chi connectivity index (χ3v) is 3.05. The molecule has 0 atom stereocenters. The van der Waals surface area contributed by atoms with Gasteiger partial charge in [-0.2, -0.15) is 5.10 Å². The van der Waals surface area contributed by atoms with E-state index in [9.17, 15) is 0 Å². The number of benzene rings is 1. The van der Waals surface area contributed by atoms with Crippen LogP contribution in [0.5, 0.6) is 0 Å². The fourth-order valence-electron chi connectivity index (χ4n) is 2.09. The smallest absolute Gasteiger partial charge is 0.0931 e. The number of aryl methyl sites for hydroxylation is 1. The molecule has 0 aliphatic rings. The minimum Gasteiger partial charge on any atom is -0.345 e. The lowest BCUT2D eigenvalue weighted by Gasteiger charge is -1.97. The van der Waals surface area contributed by atoms with Gasteiger partial charge in [-0.05, 0) is 25.2 Å². The number of nitrogens with one attached hydrogen (secondary N) is 2.